The van der Waals surface area contributed by atoms with Crippen molar-refractivity contribution in [1.29, 1.82) is 0 Å². The summed E-state index contributed by atoms with van der Waals surface area (Å²) in [5.41, 5.74) is 1.57. The molecule has 1 aromatic heterocycles. The largest absolute Gasteiger partial charge is 0.496 e. The number of carboxylic acid groups (broad SMARTS) is 1. The fourth-order valence-corrected chi connectivity index (χ4v) is 3.61. The first-order valence-corrected chi connectivity index (χ1v) is 7.94. The average Bonchev–Trinajstić information content (AvgIpc) is 2.83. The zero-order valence-electron chi connectivity index (χ0n) is 10.6. The molecule has 106 valence electrons. The van der Waals surface area contributed by atoms with Gasteiger partial charge in [-0.1, -0.05) is 23.4 Å². The first-order chi connectivity index (χ1) is 9.58. The van der Waals surface area contributed by atoms with E-state index in [1.807, 2.05) is 12.1 Å². The molecule has 4 nitrogen and oxygen atoms in total. The van der Waals surface area contributed by atoms with Gasteiger partial charge in [-0.2, -0.15) is 0 Å². The lowest BCUT2D eigenvalue weighted by Crippen LogP contribution is -1.99. The van der Waals surface area contributed by atoms with E-state index in [2.05, 4.69) is 4.98 Å². The molecule has 1 aromatic carbocycles. The minimum atomic E-state index is -0.872. The maximum atomic E-state index is 10.6. The van der Waals surface area contributed by atoms with Gasteiger partial charge in [-0.3, -0.25) is 4.79 Å². The van der Waals surface area contributed by atoms with Crippen LogP contribution in [0.1, 0.15) is 11.3 Å². The van der Waals surface area contributed by atoms with E-state index < -0.39 is 5.97 Å². The van der Waals surface area contributed by atoms with Gasteiger partial charge in [0.05, 0.1) is 19.2 Å². The number of aliphatic carboxylic acids is 1. The van der Waals surface area contributed by atoms with E-state index >= 15 is 0 Å². The van der Waals surface area contributed by atoms with Gasteiger partial charge in [0.2, 0.25) is 0 Å². The fraction of sp³-hybridized carbons (Fsp3) is 0.231. The maximum absolute atomic E-state index is 10.6. The van der Waals surface area contributed by atoms with Crippen LogP contribution < -0.4 is 4.74 Å². The van der Waals surface area contributed by atoms with Crippen LogP contribution in [0.25, 0.3) is 0 Å². The SMILES string of the molecule is COc1ccc(Cl)cc1CSc1nc(CC(=O)O)cs1. The Hall–Kier alpha value is -1.24. The minimum Gasteiger partial charge on any atom is -0.496 e. The molecule has 7 heteroatoms. The zero-order valence-corrected chi connectivity index (χ0v) is 13.0. The Morgan fingerprint density at radius 2 is 2.35 bits per heavy atom. The molecule has 0 atom stereocenters. The Kier molecular flexibility index (Phi) is 5.28. The number of nitrogens with zero attached hydrogens (tertiary/aromatic N) is 1. The lowest BCUT2D eigenvalue weighted by atomic mass is 10.2. The van der Waals surface area contributed by atoms with Crippen LogP contribution in [0.15, 0.2) is 27.9 Å². The van der Waals surface area contributed by atoms with E-state index in [1.165, 1.54) is 23.1 Å². The lowest BCUT2D eigenvalue weighted by molar-refractivity contribution is -0.136. The molecule has 0 fully saturated rings. The normalized spacial score (nSPS) is 10.5. The van der Waals surface area contributed by atoms with E-state index in [-0.39, 0.29) is 6.42 Å². The highest BCUT2D eigenvalue weighted by atomic mass is 35.5. The molecule has 0 saturated heterocycles. The summed E-state index contributed by atoms with van der Waals surface area (Å²) in [6, 6.07) is 5.47. The molecule has 0 bridgehead atoms. The molecule has 0 aliphatic carbocycles. The predicted molar refractivity (Wildman–Crippen MR) is 81.0 cm³/mol. The number of benzene rings is 1. The van der Waals surface area contributed by atoms with Crippen LogP contribution in [-0.4, -0.2) is 23.2 Å². The van der Waals surface area contributed by atoms with Crippen LogP contribution >= 0.6 is 34.7 Å². The second-order valence-corrected chi connectivity index (χ2v) is 6.44. The second-order valence-electron chi connectivity index (χ2n) is 3.92. The van der Waals surface area contributed by atoms with Crippen LogP contribution in [-0.2, 0) is 17.0 Å². The number of hydrogen-bond donors (Lipinski definition) is 1. The third-order valence-electron chi connectivity index (χ3n) is 2.46. The number of carboxylic acids is 1. The number of halogens is 1. The monoisotopic (exact) mass is 329 g/mol. The molecule has 0 spiro atoms. The molecule has 20 heavy (non-hydrogen) atoms. The van der Waals surface area contributed by atoms with Crippen LogP contribution in [0.4, 0.5) is 0 Å². The van der Waals surface area contributed by atoms with Gasteiger partial charge in [-0.15, -0.1) is 11.3 Å². The van der Waals surface area contributed by atoms with Gasteiger partial charge >= 0.3 is 5.97 Å². The molecular formula is C13H12ClNO3S2. The number of aromatic nitrogens is 1. The summed E-state index contributed by atoms with van der Waals surface area (Å²) < 4.78 is 6.12. The standard InChI is InChI=1S/C13H12ClNO3S2/c1-18-11-3-2-9(14)4-8(11)6-19-13-15-10(7-20-13)5-12(16)17/h2-4,7H,5-6H2,1H3,(H,16,17). The van der Waals surface area contributed by atoms with Crippen molar-refractivity contribution in [3.8, 4) is 5.75 Å². The van der Waals surface area contributed by atoms with Crippen LogP contribution in [0.2, 0.25) is 5.02 Å². The van der Waals surface area contributed by atoms with Crippen molar-refractivity contribution in [3.05, 3.63) is 39.9 Å². The number of hydrogen-bond acceptors (Lipinski definition) is 5. The molecular weight excluding hydrogens is 318 g/mol. The maximum Gasteiger partial charge on any atom is 0.309 e. The summed E-state index contributed by atoms with van der Waals surface area (Å²) in [5.74, 6) is 0.580. The highest BCUT2D eigenvalue weighted by molar-refractivity contribution is 8.00. The number of ether oxygens (including phenoxy) is 1. The predicted octanol–water partition coefficient (Wildman–Crippen LogP) is 3.72. The Morgan fingerprint density at radius 3 is 3.05 bits per heavy atom. The summed E-state index contributed by atoms with van der Waals surface area (Å²) in [5, 5.41) is 11.1. The minimum absolute atomic E-state index is 0.0441. The number of methoxy groups -OCH3 is 1. The second kappa shape index (κ2) is 6.97. The highest BCUT2D eigenvalue weighted by Crippen LogP contribution is 2.31. The number of thioether (sulfide) groups is 1. The van der Waals surface area contributed by atoms with Crippen molar-refractivity contribution in [2.75, 3.05) is 7.11 Å². The molecule has 2 rings (SSSR count). The quantitative estimate of drug-likeness (QED) is 0.818. The van der Waals surface area contributed by atoms with Crippen LogP contribution in [0.3, 0.4) is 0 Å². The van der Waals surface area contributed by atoms with Crippen molar-refractivity contribution in [1.82, 2.24) is 4.98 Å². The zero-order chi connectivity index (χ0) is 14.5. The molecule has 1 N–H and O–H groups in total. The van der Waals surface area contributed by atoms with Gasteiger partial charge in [0.1, 0.15) is 10.1 Å². The topological polar surface area (TPSA) is 59.4 Å². The Balaban J connectivity index is 2.03. The summed E-state index contributed by atoms with van der Waals surface area (Å²) in [6.07, 6.45) is -0.0441. The van der Waals surface area contributed by atoms with E-state index in [1.54, 1.807) is 18.6 Å². The molecule has 1 heterocycles. The Bertz CT molecular complexity index is 615. The molecule has 0 aliphatic rings. The Labute approximate surface area is 129 Å². The van der Waals surface area contributed by atoms with Crippen molar-refractivity contribution >= 4 is 40.7 Å². The summed E-state index contributed by atoms with van der Waals surface area (Å²) in [6.45, 7) is 0. The van der Waals surface area contributed by atoms with Gasteiger partial charge in [-0.05, 0) is 18.2 Å². The third-order valence-corrected chi connectivity index (χ3v) is 4.81. The fourth-order valence-electron chi connectivity index (χ4n) is 1.59. The number of carbonyl (C=O) groups is 1. The molecule has 0 amide bonds. The molecule has 0 saturated carbocycles. The lowest BCUT2D eigenvalue weighted by Gasteiger charge is -2.07. The molecule has 0 aliphatic heterocycles. The number of rotatable bonds is 6. The van der Waals surface area contributed by atoms with Gasteiger partial charge in [-0.25, -0.2) is 4.98 Å². The smallest absolute Gasteiger partial charge is 0.309 e. The number of thiazole rings is 1. The van der Waals surface area contributed by atoms with E-state index in [0.717, 1.165) is 15.7 Å². The van der Waals surface area contributed by atoms with Crippen molar-refractivity contribution in [2.45, 2.75) is 16.5 Å². The molecule has 2 aromatic rings. The van der Waals surface area contributed by atoms with Crippen molar-refractivity contribution < 1.29 is 14.6 Å². The first kappa shape index (κ1) is 15.2. The van der Waals surface area contributed by atoms with E-state index in [4.69, 9.17) is 21.4 Å². The van der Waals surface area contributed by atoms with Gasteiger partial charge < -0.3 is 9.84 Å². The van der Waals surface area contributed by atoms with Crippen molar-refractivity contribution in [3.63, 3.8) is 0 Å². The highest BCUT2D eigenvalue weighted by Gasteiger charge is 2.09. The summed E-state index contributed by atoms with van der Waals surface area (Å²) in [4.78, 5) is 14.9. The molecule has 0 unspecified atom stereocenters. The van der Waals surface area contributed by atoms with E-state index in [0.29, 0.717) is 16.5 Å². The van der Waals surface area contributed by atoms with E-state index in [9.17, 15) is 4.79 Å². The van der Waals surface area contributed by atoms with Gasteiger partial charge in [0, 0.05) is 21.7 Å². The van der Waals surface area contributed by atoms with Gasteiger partial charge in [0.15, 0.2) is 0 Å². The van der Waals surface area contributed by atoms with Crippen LogP contribution in [0, 0.1) is 0 Å². The average molecular weight is 330 g/mol. The van der Waals surface area contributed by atoms with Crippen molar-refractivity contribution in [2.24, 2.45) is 0 Å². The first-order valence-electron chi connectivity index (χ1n) is 5.70. The molecule has 0 radical (unpaired) electrons. The van der Waals surface area contributed by atoms with Crippen LogP contribution in [0.5, 0.6) is 5.75 Å². The van der Waals surface area contributed by atoms with Gasteiger partial charge in [0.25, 0.3) is 0 Å². The summed E-state index contributed by atoms with van der Waals surface area (Å²) in [7, 11) is 1.62. The third kappa shape index (κ3) is 4.13. The Morgan fingerprint density at radius 1 is 1.55 bits per heavy atom. The summed E-state index contributed by atoms with van der Waals surface area (Å²) >= 11 is 8.95.